The van der Waals surface area contributed by atoms with Gasteiger partial charge in [-0.25, -0.2) is 16.8 Å². The molecule has 0 spiro atoms. The normalized spacial score (nSPS) is 12.4. The van der Waals surface area contributed by atoms with Gasteiger partial charge in [0.1, 0.15) is 0 Å². The molecule has 0 radical (unpaired) electrons. The molecule has 27 heavy (non-hydrogen) atoms. The van der Waals surface area contributed by atoms with Gasteiger partial charge < -0.3 is 0 Å². The van der Waals surface area contributed by atoms with Crippen LogP contribution in [-0.4, -0.2) is 40.0 Å². The number of hydrogen-bond acceptors (Lipinski definition) is 5. The molecule has 0 atom stereocenters. The van der Waals surface area contributed by atoms with Crippen LogP contribution in [0.4, 0.5) is 5.69 Å². The predicted molar refractivity (Wildman–Crippen MR) is 104 cm³/mol. The van der Waals surface area contributed by atoms with E-state index in [0.29, 0.717) is 5.56 Å². The van der Waals surface area contributed by atoms with Crippen LogP contribution in [0.15, 0.2) is 58.3 Å². The number of ketones is 1. The second kappa shape index (κ2) is 7.79. The number of benzene rings is 2. The maximum atomic E-state index is 12.4. The second-order valence-electron chi connectivity index (χ2n) is 6.33. The largest absolute Gasteiger partial charge is 0.295 e. The van der Waals surface area contributed by atoms with Crippen molar-refractivity contribution in [3.63, 3.8) is 0 Å². The van der Waals surface area contributed by atoms with Crippen LogP contribution in [0.1, 0.15) is 31.1 Å². The first-order valence-corrected chi connectivity index (χ1v) is 11.1. The number of rotatable bonds is 7. The highest BCUT2D eigenvalue weighted by Crippen LogP contribution is 2.21. The number of carbonyl (C=O) groups excluding carboxylic acids is 1. The highest BCUT2D eigenvalue weighted by Gasteiger charge is 2.23. The smallest absolute Gasteiger partial charge is 0.261 e. The van der Waals surface area contributed by atoms with Gasteiger partial charge in [-0.2, -0.15) is 4.31 Å². The van der Waals surface area contributed by atoms with E-state index >= 15 is 0 Å². The third-order valence-corrected chi connectivity index (χ3v) is 7.53. The fraction of sp³-hybridized carbons (Fsp3) is 0.278. The fourth-order valence-electron chi connectivity index (χ4n) is 2.22. The third kappa shape index (κ3) is 4.74. The van der Waals surface area contributed by atoms with Gasteiger partial charge in [0.25, 0.3) is 10.0 Å². The highest BCUT2D eigenvalue weighted by atomic mass is 32.2. The van der Waals surface area contributed by atoms with Crippen LogP contribution in [0.25, 0.3) is 0 Å². The number of Topliss-reactive ketones (excluding diaryl/α,β-unsaturated/α-hetero) is 1. The first-order chi connectivity index (χ1) is 12.4. The minimum absolute atomic E-state index is 0.00346. The molecule has 1 N–H and O–H groups in total. The maximum absolute atomic E-state index is 12.4. The van der Waals surface area contributed by atoms with E-state index in [0.717, 1.165) is 0 Å². The molecular formula is C18H22N2O5S2. The molecule has 0 aliphatic heterocycles. The lowest BCUT2D eigenvalue weighted by Crippen LogP contribution is -2.33. The summed E-state index contributed by atoms with van der Waals surface area (Å²) in [5, 5.41) is 0. The summed E-state index contributed by atoms with van der Waals surface area (Å²) in [5.74, 6) is -0.157. The van der Waals surface area contributed by atoms with Gasteiger partial charge in [0.2, 0.25) is 10.0 Å². The van der Waals surface area contributed by atoms with Crippen LogP contribution in [0.2, 0.25) is 0 Å². The Hall–Kier alpha value is -2.23. The van der Waals surface area contributed by atoms with Gasteiger partial charge >= 0.3 is 0 Å². The van der Waals surface area contributed by atoms with E-state index < -0.39 is 20.0 Å². The first kappa shape index (κ1) is 21.1. The van der Waals surface area contributed by atoms with Gasteiger partial charge in [-0.1, -0.05) is 12.1 Å². The zero-order valence-electron chi connectivity index (χ0n) is 15.5. The van der Waals surface area contributed by atoms with Crippen molar-refractivity contribution in [2.24, 2.45) is 0 Å². The molecule has 0 aliphatic rings. The van der Waals surface area contributed by atoms with Gasteiger partial charge in [0.05, 0.1) is 9.79 Å². The summed E-state index contributed by atoms with van der Waals surface area (Å²) in [6, 6.07) is 10.8. The van der Waals surface area contributed by atoms with Crippen LogP contribution in [0.5, 0.6) is 0 Å². The van der Waals surface area contributed by atoms with Crippen molar-refractivity contribution < 1.29 is 21.6 Å². The van der Waals surface area contributed by atoms with Gasteiger partial charge in [-0.3, -0.25) is 9.52 Å². The lowest BCUT2D eigenvalue weighted by molar-refractivity contribution is 0.101. The Morgan fingerprint density at radius 2 is 1.37 bits per heavy atom. The summed E-state index contributed by atoms with van der Waals surface area (Å²) in [5.41, 5.74) is 0.648. The third-order valence-electron chi connectivity index (χ3n) is 4.08. The van der Waals surface area contributed by atoms with Gasteiger partial charge in [0, 0.05) is 24.3 Å². The summed E-state index contributed by atoms with van der Waals surface area (Å²) in [6.07, 6.45) is 0. The number of anilines is 1. The van der Waals surface area contributed by atoms with E-state index in [9.17, 15) is 21.6 Å². The Morgan fingerprint density at radius 1 is 0.889 bits per heavy atom. The van der Waals surface area contributed by atoms with E-state index in [1.165, 1.54) is 66.8 Å². The van der Waals surface area contributed by atoms with E-state index in [-0.39, 0.29) is 27.3 Å². The SMILES string of the molecule is CC(=O)c1ccc(S(=O)(=O)Nc2ccc(S(=O)(=O)N(C)C(C)C)cc2)cc1. The first-order valence-electron chi connectivity index (χ1n) is 8.17. The minimum Gasteiger partial charge on any atom is -0.295 e. The molecule has 0 amide bonds. The fourth-order valence-corrected chi connectivity index (χ4v) is 4.65. The molecule has 2 aromatic rings. The molecule has 0 saturated heterocycles. The molecule has 0 unspecified atom stereocenters. The molecule has 0 aliphatic carbocycles. The topological polar surface area (TPSA) is 101 Å². The summed E-state index contributed by atoms with van der Waals surface area (Å²) >= 11 is 0. The van der Waals surface area contributed by atoms with Crippen LogP contribution in [0, 0.1) is 0 Å². The lowest BCUT2D eigenvalue weighted by atomic mass is 10.2. The monoisotopic (exact) mass is 410 g/mol. The number of sulfonamides is 2. The van der Waals surface area contributed by atoms with Gasteiger partial charge in [0.15, 0.2) is 5.78 Å². The molecular weight excluding hydrogens is 388 g/mol. The number of nitrogens with zero attached hydrogens (tertiary/aromatic N) is 1. The molecule has 0 fully saturated rings. The van der Waals surface area contributed by atoms with Crippen molar-refractivity contribution in [2.45, 2.75) is 36.6 Å². The molecule has 146 valence electrons. The van der Waals surface area contributed by atoms with E-state index in [1.54, 1.807) is 13.8 Å². The molecule has 2 aromatic carbocycles. The van der Waals surface area contributed by atoms with E-state index in [2.05, 4.69) is 4.72 Å². The van der Waals surface area contributed by atoms with Crippen molar-refractivity contribution in [3.8, 4) is 0 Å². The molecule has 0 saturated carbocycles. The quantitative estimate of drug-likeness (QED) is 0.708. The molecule has 9 heteroatoms. The Labute approximate surface area is 160 Å². The molecule has 2 rings (SSSR count). The van der Waals surface area contributed by atoms with Crippen molar-refractivity contribution >= 4 is 31.5 Å². The van der Waals surface area contributed by atoms with Crippen molar-refractivity contribution in [2.75, 3.05) is 11.8 Å². The Bertz CT molecular complexity index is 1030. The predicted octanol–water partition coefficient (Wildman–Crippen LogP) is 2.72. The number of hydrogen-bond donors (Lipinski definition) is 1. The second-order valence-corrected chi connectivity index (χ2v) is 10.0. The summed E-state index contributed by atoms with van der Waals surface area (Å²) < 4.78 is 53.4. The van der Waals surface area contributed by atoms with Crippen molar-refractivity contribution in [1.29, 1.82) is 0 Å². The molecule has 0 aromatic heterocycles. The van der Waals surface area contributed by atoms with Gasteiger partial charge in [-0.05, 0) is 57.2 Å². The van der Waals surface area contributed by atoms with Crippen molar-refractivity contribution in [1.82, 2.24) is 4.31 Å². The van der Waals surface area contributed by atoms with Crippen LogP contribution in [-0.2, 0) is 20.0 Å². The van der Waals surface area contributed by atoms with Crippen LogP contribution < -0.4 is 4.72 Å². The summed E-state index contributed by atoms with van der Waals surface area (Å²) in [4.78, 5) is 11.4. The van der Waals surface area contributed by atoms with Crippen molar-refractivity contribution in [3.05, 3.63) is 54.1 Å². The average Bonchev–Trinajstić information content (AvgIpc) is 2.61. The zero-order chi connectivity index (χ0) is 20.4. The highest BCUT2D eigenvalue weighted by molar-refractivity contribution is 7.92. The molecule has 0 bridgehead atoms. The zero-order valence-corrected chi connectivity index (χ0v) is 17.1. The standard InChI is InChI=1S/C18H22N2O5S2/c1-13(2)20(4)27(24,25)18-11-7-16(8-12-18)19-26(22,23)17-9-5-15(6-10-17)14(3)21/h5-13,19H,1-4H3. The Morgan fingerprint density at radius 3 is 1.81 bits per heavy atom. The molecule has 7 nitrogen and oxygen atoms in total. The summed E-state index contributed by atoms with van der Waals surface area (Å²) in [7, 11) is -6.01. The minimum atomic E-state index is -3.86. The Kier molecular flexibility index (Phi) is 6.08. The molecule has 0 heterocycles. The number of carbonyl (C=O) groups is 1. The van der Waals surface area contributed by atoms with Gasteiger partial charge in [-0.15, -0.1) is 0 Å². The van der Waals surface area contributed by atoms with Crippen LogP contribution in [0.3, 0.4) is 0 Å². The average molecular weight is 411 g/mol. The van der Waals surface area contributed by atoms with E-state index in [4.69, 9.17) is 0 Å². The number of nitrogens with one attached hydrogen (secondary N) is 1. The summed E-state index contributed by atoms with van der Waals surface area (Å²) in [6.45, 7) is 4.92. The maximum Gasteiger partial charge on any atom is 0.261 e. The Balaban J connectivity index is 2.24. The lowest BCUT2D eigenvalue weighted by Gasteiger charge is -2.21. The van der Waals surface area contributed by atoms with E-state index in [1.807, 2.05) is 0 Å². The van der Waals surface area contributed by atoms with Crippen LogP contribution >= 0.6 is 0 Å².